The van der Waals surface area contributed by atoms with Crippen molar-refractivity contribution >= 4 is 40.5 Å². The number of amides is 2. The number of nitrogens with one attached hydrogen (secondary N) is 2. The summed E-state index contributed by atoms with van der Waals surface area (Å²) in [6.07, 6.45) is 1.62. The number of fused-ring (bicyclic) bond motifs is 1. The van der Waals surface area contributed by atoms with Gasteiger partial charge in [-0.2, -0.15) is 5.10 Å². The Hall–Kier alpha value is -3.12. The van der Waals surface area contributed by atoms with E-state index in [-0.39, 0.29) is 12.5 Å². The molecule has 0 saturated heterocycles. The van der Waals surface area contributed by atoms with Crippen molar-refractivity contribution in [3.05, 3.63) is 70.4 Å². The molecule has 0 aliphatic heterocycles. The van der Waals surface area contributed by atoms with Crippen molar-refractivity contribution in [1.82, 2.24) is 15.3 Å². The lowest BCUT2D eigenvalue weighted by atomic mass is 10.1. The van der Waals surface area contributed by atoms with Crippen LogP contribution in [0.4, 0.5) is 0 Å². The molecule has 27 heavy (non-hydrogen) atoms. The third-order valence-corrected chi connectivity index (χ3v) is 4.60. The van der Waals surface area contributed by atoms with Crippen molar-refractivity contribution < 1.29 is 9.59 Å². The van der Waals surface area contributed by atoms with Crippen LogP contribution in [0.25, 0.3) is 10.9 Å². The quantitative estimate of drug-likeness (QED) is 0.525. The zero-order chi connectivity index (χ0) is 19.4. The zero-order valence-electron chi connectivity index (χ0n) is 15.0. The molecule has 7 heteroatoms. The molecule has 2 N–H and O–H groups in total. The van der Waals surface area contributed by atoms with E-state index < -0.39 is 5.91 Å². The Morgan fingerprint density at radius 1 is 1.15 bits per heavy atom. The van der Waals surface area contributed by atoms with Crippen LogP contribution in [0.2, 0.25) is 5.02 Å². The van der Waals surface area contributed by atoms with Gasteiger partial charge in [0.2, 0.25) is 0 Å². The SMILES string of the molecule is Cc1c(/C=N/NC(=O)CNC(=O)c2ccc(Cl)cc2)c2ccccc2n1C. The average Bonchev–Trinajstić information content (AvgIpc) is 2.92. The van der Waals surface area contributed by atoms with Gasteiger partial charge in [-0.1, -0.05) is 29.8 Å². The average molecular weight is 383 g/mol. The van der Waals surface area contributed by atoms with Crippen LogP contribution in [0.15, 0.2) is 53.6 Å². The Bertz CT molecular complexity index is 1020. The summed E-state index contributed by atoms with van der Waals surface area (Å²) < 4.78 is 2.07. The highest BCUT2D eigenvalue weighted by Crippen LogP contribution is 2.22. The number of para-hydroxylation sites is 1. The first kappa shape index (κ1) is 18.7. The fourth-order valence-corrected chi connectivity index (χ4v) is 2.91. The van der Waals surface area contributed by atoms with Gasteiger partial charge in [0, 0.05) is 39.8 Å². The van der Waals surface area contributed by atoms with Crippen LogP contribution in [-0.4, -0.2) is 29.1 Å². The Morgan fingerprint density at radius 3 is 2.59 bits per heavy atom. The van der Waals surface area contributed by atoms with Crippen LogP contribution in [0, 0.1) is 6.92 Å². The van der Waals surface area contributed by atoms with E-state index in [0.717, 1.165) is 22.2 Å². The Balaban J connectivity index is 1.59. The van der Waals surface area contributed by atoms with E-state index in [2.05, 4.69) is 20.4 Å². The second kappa shape index (κ2) is 8.05. The van der Waals surface area contributed by atoms with Crippen LogP contribution in [0.1, 0.15) is 21.6 Å². The van der Waals surface area contributed by atoms with E-state index in [0.29, 0.717) is 10.6 Å². The van der Waals surface area contributed by atoms with E-state index in [1.54, 1.807) is 30.5 Å². The number of benzene rings is 2. The maximum atomic E-state index is 12.0. The molecule has 0 fully saturated rings. The summed E-state index contributed by atoms with van der Waals surface area (Å²) in [5.41, 5.74) is 5.95. The summed E-state index contributed by atoms with van der Waals surface area (Å²) in [5, 5.41) is 8.17. The fraction of sp³-hybridized carbons (Fsp3) is 0.150. The molecule has 6 nitrogen and oxygen atoms in total. The topological polar surface area (TPSA) is 75.5 Å². The third kappa shape index (κ3) is 4.17. The molecule has 2 aromatic carbocycles. The lowest BCUT2D eigenvalue weighted by Gasteiger charge is -2.04. The molecule has 0 atom stereocenters. The molecule has 2 amide bonds. The fourth-order valence-electron chi connectivity index (χ4n) is 2.79. The Kier molecular flexibility index (Phi) is 5.57. The van der Waals surface area contributed by atoms with Gasteiger partial charge in [0.15, 0.2) is 0 Å². The van der Waals surface area contributed by atoms with E-state index in [1.165, 1.54) is 0 Å². The summed E-state index contributed by atoms with van der Waals surface area (Å²) in [6, 6.07) is 14.4. The van der Waals surface area contributed by atoms with Crippen LogP contribution < -0.4 is 10.7 Å². The molecule has 0 aliphatic carbocycles. The largest absolute Gasteiger partial charge is 0.347 e. The van der Waals surface area contributed by atoms with Gasteiger partial charge in [0.1, 0.15) is 0 Å². The zero-order valence-corrected chi connectivity index (χ0v) is 15.7. The van der Waals surface area contributed by atoms with Crippen LogP contribution in [-0.2, 0) is 11.8 Å². The number of halogens is 1. The van der Waals surface area contributed by atoms with Gasteiger partial charge in [0.05, 0.1) is 12.8 Å². The predicted molar refractivity (Wildman–Crippen MR) is 107 cm³/mol. The van der Waals surface area contributed by atoms with Gasteiger partial charge in [-0.3, -0.25) is 9.59 Å². The van der Waals surface area contributed by atoms with E-state index in [4.69, 9.17) is 11.6 Å². The summed E-state index contributed by atoms with van der Waals surface area (Å²) in [5.74, 6) is -0.762. The van der Waals surface area contributed by atoms with Gasteiger partial charge in [0.25, 0.3) is 11.8 Å². The van der Waals surface area contributed by atoms with E-state index in [9.17, 15) is 9.59 Å². The minimum atomic E-state index is -0.411. The maximum Gasteiger partial charge on any atom is 0.259 e. The molecule has 0 saturated carbocycles. The maximum absolute atomic E-state index is 12.0. The van der Waals surface area contributed by atoms with Crippen molar-refractivity contribution in [3.8, 4) is 0 Å². The highest BCUT2D eigenvalue weighted by molar-refractivity contribution is 6.30. The molecular formula is C20H19ClN4O2. The van der Waals surface area contributed by atoms with E-state index >= 15 is 0 Å². The monoisotopic (exact) mass is 382 g/mol. The number of aryl methyl sites for hydroxylation is 1. The lowest BCUT2D eigenvalue weighted by molar-refractivity contribution is -0.120. The smallest absolute Gasteiger partial charge is 0.259 e. The summed E-state index contributed by atoms with van der Waals surface area (Å²) >= 11 is 5.79. The molecule has 0 aliphatic rings. The van der Waals surface area contributed by atoms with Gasteiger partial charge < -0.3 is 9.88 Å². The molecule has 3 aromatic rings. The molecule has 1 aromatic heterocycles. The second-order valence-corrected chi connectivity index (χ2v) is 6.49. The molecule has 0 radical (unpaired) electrons. The molecule has 0 bridgehead atoms. The first-order chi connectivity index (χ1) is 13.0. The Labute approximate surface area is 161 Å². The minimum Gasteiger partial charge on any atom is -0.347 e. The number of hydrazone groups is 1. The number of rotatable bonds is 5. The van der Waals surface area contributed by atoms with Crippen molar-refractivity contribution in [2.24, 2.45) is 12.1 Å². The highest BCUT2D eigenvalue weighted by atomic mass is 35.5. The molecular weight excluding hydrogens is 364 g/mol. The number of nitrogens with zero attached hydrogens (tertiary/aromatic N) is 2. The van der Waals surface area contributed by atoms with Crippen LogP contribution >= 0.6 is 11.6 Å². The van der Waals surface area contributed by atoms with E-state index in [1.807, 2.05) is 38.2 Å². The molecule has 1 heterocycles. The number of aromatic nitrogens is 1. The first-order valence-electron chi connectivity index (χ1n) is 8.37. The van der Waals surface area contributed by atoms with Gasteiger partial charge >= 0.3 is 0 Å². The van der Waals surface area contributed by atoms with Gasteiger partial charge in [-0.15, -0.1) is 0 Å². The van der Waals surface area contributed by atoms with Crippen LogP contribution in [0.5, 0.6) is 0 Å². The van der Waals surface area contributed by atoms with Gasteiger partial charge in [-0.25, -0.2) is 5.43 Å². The van der Waals surface area contributed by atoms with Crippen molar-refractivity contribution in [3.63, 3.8) is 0 Å². The molecule has 3 rings (SSSR count). The molecule has 0 unspecified atom stereocenters. The third-order valence-electron chi connectivity index (χ3n) is 4.35. The van der Waals surface area contributed by atoms with Crippen molar-refractivity contribution in [2.75, 3.05) is 6.54 Å². The normalized spacial score (nSPS) is 11.1. The lowest BCUT2D eigenvalue weighted by Crippen LogP contribution is -2.34. The summed E-state index contributed by atoms with van der Waals surface area (Å²) in [7, 11) is 1.99. The number of hydrogen-bond donors (Lipinski definition) is 2. The van der Waals surface area contributed by atoms with Crippen molar-refractivity contribution in [2.45, 2.75) is 6.92 Å². The Morgan fingerprint density at radius 2 is 1.85 bits per heavy atom. The first-order valence-corrected chi connectivity index (χ1v) is 8.75. The standard InChI is InChI=1S/C20H19ClN4O2/c1-13-17(16-5-3-4-6-18(16)25(13)2)11-23-24-19(26)12-22-20(27)14-7-9-15(21)10-8-14/h3-11H,12H2,1-2H3,(H,22,27)(H,24,26)/b23-11+. The number of carbonyl (C=O) groups is 2. The van der Waals surface area contributed by atoms with Gasteiger partial charge in [-0.05, 0) is 37.3 Å². The van der Waals surface area contributed by atoms with Crippen LogP contribution in [0.3, 0.4) is 0 Å². The number of carbonyl (C=O) groups excluding carboxylic acids is 2. The summed E-state index contributed by atoms with van der Waals surface area (Å²) in [6.45, 7) is 1.82. The highest BCUT2D eigenvalue weighted by Gasteiger charge is 2.10. The molecule has 138 valence electrons. The second-order valence-electron chi connectivity index (χ2n) is 6.06. The molecule has 0 spiro atoms. The summed E-state index contributed by atoms with van der Waals surface area (Å²) in [4.78, 5) is 23.9. The van der Waals surface area contributed by atoms with Crippen molar-refractivity contribution in [1.29, 1.82) is 0 Å². The number of hydrogen-bond acceptors (Lipinski definition) is 3. The predicted octanol–water partition coefficient (Wildman–Crippen LogP) is 3.02. The minimum absolute atomic E-state index is 0.173.